The third-order valence-electron chi connectivity index (χ3n) is 6.94. The molecule has 0 amide bonds. The van der Waals surface area contributed by atoms with E-state index in [1.807, 2.05) is 30.5 Å². The van der Waals surface area contributed by atoms with Crippen molar-refractivity contribution in [1.82, 2.24) is 19.7 Å². The summed E-state index contributed by atoms with van der Waals surface area (Å²) in [5.74, 6) is 2.86. The molecule has 11 heteroatoms. The van der Waals surface area contributed by atoms with Crippen LogP contribution in [0.5, 0.6) is 11.5 Å². The van der Waals surface area contributed by atoms with Gasteiger partial charge in [-0.1, -0.05) is 44.5 Å². The number of nitrogens with zero attached hydrogens (tertiary/aromatic N) is 4. The number of hydrogen-bond acceptors (Lipinski definition) is 9. The zero-order chi connectivity index (χ0) is 29.3. The Balaban J connectivity index is 1.65. The quantitative estimate of drug-likeness (QED) is 0.198. The largest absolute Gasteiger partial charge is 0.493 e. The fraction of sp³-hybridized carbons (Fsp3) is 0.400. The Bertz CT molecular complexity index is 1560. The Morgan fingerprint density at radius 3 is 2.59 bits per heavy atom. The number of carbonyl (C=O) groups is 1. The van der Waals surface area contributed by atoms with Gasteiger partial charge in [0, 0.05) is 33.5 Å². The molecule has 8 nitrogen and oxygen atoms in total. The van der Waals surface area contributed by atoms with Gasteiger partial charge in [0.05, 0.1) is 48.9 Å². The minimum Gasteiger partial charge on any atom is -0.493 e. The van der Waals surface area contributed by atoms with E-state index in [-0.39, 0.29) is 21.9 Å². The molecule has 0 bridgehead atoms. The SMILES string of the molecule is COC(=O)CCc1cnc(CC2SC(c3cccc(OC)c3OC)c3cc(Cl)ccc3-n3c2nnc3C(C)(C)C)s1. The lowest BCUT2D eigenvalue weighted by Gasteiger charge is -2.24. The molecule has 41 heavy (non-hydrogen) atoms. The van der Waals surface area contributed by atoms with Crippen LogP contribution in [-0.2, 0) is 27.8 Å². The van der Waals surface area contributed by atoms with E-state index >= 15 is 0 Å². The first-order valence-electron chi connectivity index (χ1n) is 13.3. The summed E-state index contributed by atoms with van der Waals surface area (Å²) in [6.45, 7) is 6.43. The highest BCUT2D eigenvalue weighted by atomic mass is 35.5. The number of para-hydroxylation sites is 1. The lowest BCUT2D eigenvalue weighted by atomic mass is 9.94. The molecule has 2 unspecified atom stereocenters. The molecule has 0 spiro atoms. The molecule has 0 saturated carbocycles. The molecule has 1 aliphatic heterocycles. The van der Waals surface area contributed by atoms with E-state index in [0.717, 1.165) is 38.3 Å². The number of halogens is 1. The van der Waals surface area contributed by atoms with Crippen molar-refractivity contribution >= 4 is 40.7 Å². The van der Waals surface area contributed by atoms with Crippen molar-refractivity contribution in [3.63, 3.8) is 0 Å². The van der Waals surface area contributed by atoms with Gasteiger partial charge in [-0.25, -0.2) is 4.98 Å². The molecule has 2 atom stereocenters. The number of aryl methyl sites for hydroxylation is 1. The number of thioether (sulfide) groups is 1. The monoisotopic (exact) mass is 612 g/mol. The number of thiazole rings is 1. The van der Waals surface area contributed by atoms with Crippen molar-refractivity contribution in [1.29, 1.82) is 0 Å². The number of hydrogen-bond donors (Lipinski definition) is 0. The first-order chi connectivity index (χ1) is 19.6. The lowest BCUT2D eigenvalue weighted by Crippen LogP contribution is -2.20. The molecule has 0 saturated heterocycles. The average molecular weight is 613 g/mol. The van der Waals surface area contributed by atoms with Gasteiger partial charge < -0.3 is 14.2 Å². The second-order valence-corrected chi connectivity index (χ2v) is 13.7. The van der Waals surface area contributed by atoms with E-state index < -0.39 is 0 Å². The average Bonchev–Trinajstić information content (AvgIpc) is 3.58. The summed E-state index contributed by atoms with van der Waals surface area (Å²) in [5, 5.41) is 10.9. The molecule has 216 valence electrons. The minimum absolute atomic E-state index is 0.0923. The molecule has 0 aliphatic carbocycles. The van der Waals surface area contributed by atoms with Crippen LogP contribution in [0, 0.1) is 0 Å². The van der Waals surface area contributed by atoms with Crippen LogP contribution in [0.4, 0.5) is 0 Å². The normalized spacial score (nSPS) is 16.5. The van der Waals surface area contributed by atoms with Crippen LogP contribution in [0.1, 0.15) is 70.4 Å². The van der Waals surface area contributed by atoms with Crippen molar-refractivity contribution in [3.05, 3.63) is 80.3 Å². The molecule has 0 N–H and O–H groups in total. The predicted octanol–water partition coefficient (Wildman–Crippen LogP) is 6.92. The maximum absolute atomic E-state index is 11.7. The van der Waals surface area contributed by atoms with Crippen LogP contribution in [-0.4, -0.2) is 47.0 Å². The minimum atomic E-state index is -0.257. The summed E-state index contributed by atoms with van der Waals surface area (Å²) < 4.78 is 18.6. The predicted molar refractivity (Wildman–Crippen MR) is 163 cm³/mol. The Morgan fingerprint density at radius 1 is 1.07 bits per heavy atom. The molecule has 4 aromatic rings. The van der Waals surface area contributed by atoms with Crippen LogP contribution in [0.2, 0.25) is 5.02 Å². The van der Waals surface area contributed by atoms with Crippen LogP contribution in [0.3, 0.4) is 0 Å². The molecule has 0 radical (unpaired) electrons. The number of methoxy groups -OCH3 is 3. The van der Waals surface area contributed by atoms with Gasteiger partial charge >= 0.3 is 5.97 Å². The summed E-state index contributed by atoms with van der Waals surface area (Å²) in [7, 11) is 4.72. The number of fused-ring (bicyclic) bond motifs is 3. The molecular weight excluding hydrogens is 580 g/mol. The van der Waals surface area contributed by atoms with Crippen molar-refractivity contribution in [2.45, 2.75) is 55.9 Å². The van der Waals surface area contributed by atoms with Crippen molar-refractivity contribution in [2.75, 3.05) is 21.3 Å². The van der Waals surface area contributed by atoms with E-state index in [2.05, 4.69) is 37.5 Å². The summed E-state index contributed by atoms with van der Waals surface area (Å²) in [4.78, 5) is 17.4. The van der Waals surface area contributed by atoms with Gasteiger partial charge in [0.2, 0.25) is 0 Å². The van der Waals surface area contributed by atoms with Crippen molar-refractivity contribution < 1.29 is 19.0 Å². The topological polar surface area (TPSA) is 88.4 Å². The summed E-state index contributed by atoms with van der Waals surface area (Å²) in [5.41, 5.74) is 2.76. The van der Waals surface area contributed by atoms with Crippen LogP contribution >= 0.6 is 34.7 Å². The maximum atomic E-state index is 11.7. The van der Waals surface area contributed by atoms with Gasteiger partial charge in [0.15, 0.2) is 17.3 Å². The number of benzene rings is 2. The van der Waals surface area contributed by atoms with Crippen molar-refractivity contribution in [2.24, 2.45) is 0 Å². The van der Waals surface area contributed by atoms with E-state index in [1.165, 1.54) is 7.11 Å². The van der Waals surface area contributed by atoms with Gasteiger partial charge in [-0.3, -0.25) is 9.36 Å². The second-order valence-electron chi connectivity index (χ2n) is 10.8. The van der Waals surface area contributed by atoms with Crippen LogP contribution in [0.25, 0.3) is 5.69 Å². The Morgan fingerprint density at radius 2 is 1.88 bits per heavy atom. The molecule has 2 aromatic carbocycles. The van der Waals surface area contributed by atoms with Crippen LogP contribution in [0.15, 0.2) is 42.6 Å². The number of rotatable bonds is 8. The second kappa shape index (κ2) is 12.0. The first-order valence-corrected chi connectivity index (χ1v) is 15.4. The number of carbonyl (C=O) groups excluding carboxylic acids is 1. The zero-order valence-electron chi connectivity index (χ0n) is 23.9. The number of ether oxygens (including phenoxy) is 3. The molecule has 3 heterocycles. The van der Waals surface area contributed by atoms with Crippen LogP contribution < -0.4 is 9.47 Å². The fourth-order valence-electron chi connectivity index (χ4n) is 5.01. The molecular formula is C30H33ClN4O4S2. The standard InChI is InChI=1S/C30H33ClN4O4S2/c1-30(2,3)29-34-33-28-23(15-24-32-16-18(40-24)11-13-25(36)38-5)41-27(19-8-7-9-22(37-4)26(19)39-6)20-14-17(31)10-12-21(20)35(28)29/h7-10,12,14,16,23,27H,11,13,15H2,1-6H3. The van der Waals surface area contributed by atoms with E-state index in [4.69, 9.17) is 41.0 Å². The zero-order valence-corrected chi connectivity index (χ0v) is 26.3. The van der Waals surface area contributed by atoms with E-state index in [1.54, 1.807) is 37.3 Å². The lowest BCUT2D eigenvalue weighted by molar-refractivity contribution is -0.140. The van der Waals surface area contributed by atoms with Gasteiger partial charge in [-0.05, 0) is 36.2 Å². The number of esters is 1. The maximum Gasteiger partial charge on any atom is 0.305 e. The van der Waals surface area contributed by atoms with Gasteiger partial charge in [-0.15, -0.1) is 33.3 Å². The summed E-state index contributed by atoms with van der Waals surface area (Å²) in [6.07, 6.45) is 3.42. The van der Waals surface area contributed by atoms with Gasteiger partial charge in [0.1, 0.15) is 5.82 Å². The highest BCUT2D eigenvalue weighted by Gasteiger charge is 2.37. The highest BCUT2D eigenvalue weighted by Crippen LogP contribution is 2.54. The summed E-state index contributed by atoms with van der Waals surface area (Å²) in [6, 6.07) is 12.0. The smallest absolute Gasteiger partial charge is 0.305 e. The first kappa shape index (κ1) is 29.4. The van der Waals surface area contributed by atoms with Gasteiger partial charge in [-0.2, -0.15) is 0 Å². The Kier molecular flexibility index (Phi) is 8.63. The molecule has 5 rings (SSSR count). The third kappa shape index (κ3) is 5.96. The molecule has 2 aromatic heterocycles. The van der Waals surface area contributed by atoms with Gasteiger partial charge in [0.25, 0.3) is 0 Å². The fourth-order valence-corrected chi connectivity index (χ4v) is 7.79. The van der Waals surface area contributed by atoms with E-state index in [0.29, 0.717) is 35.8 Å². The summed E-state index contributed by atoms with van der Waals surface area (Å²) >= 11 is 10.0. The number of aromatic nitrogens is 4. The Hall–Kier alpha value is -3.08. The molecule has 0 fully saturated rings. The highest BCUT2D eigenvalue weighted by molar-refractivity contribution is 8.00. The Labute approximate surface area is 253 Å². The molecule has 1 aliphatic rings. The van der Waals surface area contributed by atoms with E-state index in [9.17, 15) is 4.79 Å². The van der Waals surface area contributed by atoms with Crippen molar-refractivity contribution in [3.8, 4) is 17.2 Å². The third-order valence-corrected chi connectivity index (χ3v) is 9.74.